The van der Waals surface area contributed by atoms with Gasteiger partial charge in [-0.25, -0.2) is 0 Å². The first-order valence-electron chi connectivity index (χ1n) is 9.23. The lowest BCUT2D eigenvalue weighted by molar-refractivity contribution is 0.190. The van der Waals surface area contributed by atoms with Crippen LogP contribution in [-0.2, 0) is 0 Å². The highest BCUT2D eigenvalue weighted by Gasteiger charge is 2.18. The van der Waals surface area contributed by atoms with Crippen LogP contribution in [0, 0.1) is 5.92 Å². The standard InChI is InChI=1S/C19H32N4/c1-21(17-18-7-9-20-10-8-18)11-12-22-13-15-23(16-14-22)19-5-3-2-4-6-19/h2-6,18,20H,7-17H2,1H3. The van der Waals surface area contributed by atoms with Crippen molar-refractivity contribution in [1.29, 1.82) is 0 Å². The van der Waals surface area contributed by atoms with E-state index in [0.717, 1.165) is 19.0 Å². The highest BCUT2D eigenvalue weighted by atomic mass is 15.3. The van der Waals surface area contributed by atoms with Crippen LogP contribution in [0.5, 0.6) is 0 Å². The fourth-order valence-electron chi connectivity index (χ4n) is 3.78. The van der Waals surface area contributed by atoms with E-state index < -0.39 is 0 Å². The topological polar surface area (TPSA) is 21.8 Å². The fraction of sp³-hybridized carbons (Fsp3) is 0.684. The van der Waals surface area contributed by atoms with Crippen molar-refractivity contribution in [1.82, 2.24) is 15.1 Å². The Morgan fingerprint density at radius 1 is 1.04 bits per heavy atom. The smallest absolute Gasteiger partial charge is 0.0367 e. The monoisotopic (exact) mass is 316 g/mol. The van der Waals surface area contributed by atoms with E-state index in [1.807, 2.05) is 0 Å². The molecule has 2 heterocycles. The summed E-state index contributed by atoms with van der Waals surface area (Å²) < 4.78 is 0. The van der Waals surface area contributed by atoms with Gasteiger partial charge in [0.2, 0.25) is 0 Å². The highest BCUT2D eigenvalue weighted by Crippen LogP contribution is 2.16. The molecule has 2 fully saturated rings. The molecule has 4 nitrogen and oxygen atoms in total. The van der Waals surface area contributed by atoms with Crippen molar-refractivity contribution < 1.29 is 0 Å². The molecule has 0 atom stereocenters. The lowest BCUT2D eigenvalue weighted by atomic mass is 9.98. The van der Waals surface area contributed by atoms with Crippen LogP contribution in [0.2, 0.25) is 0 Å². The first kappa shape index (κ1) is 16.7. The van der Waals surface area contributed by atoms with Crippen LogP contribution >= 0.6 is 0 Å². The molecule has 0 amide bonds. The van der Waals surface area contributed by atoms with Gasteiger partial charge in [0.15, 0.2) is 0 Å². The molecule has 1 aromatic rings. The SMILES string of the molecule is CN(CCN1CCN(c2ccccc2)CC1)CC1CCNCC1. The summed E-state index contributed by atoms with van der Waals surface area (Å²) in [7, 11) is 2.29. The molecule has 2 aliphatic rings. The molecule has 23 heavy (non-hydrogen) atoms. The average Bonchev–Trinajstić information content (AvgIpc) is 2.62. The number of nitrogens with one attached hydrogen (secondary N) is 1. The van der Waals surface area contributed by atoms with Crippen molar-refractivity contribution in [2.45, 2.75) is 12.8 Å². The van der Waals surface area contributed by atoms with Gasteiger partial charge in [-0.1, -0.05) is 18.2 Å². The predicted molar refractivity (Wildman–Crippen MR) is 98.2 cm³/mol. The zero-order chi connectivity index (χ0) is 15.9. The first-order valence-corrected chi connectivity index (χ1v) is 9.23. The minimum absolute atomic E-state index is 0.899. The molecule has 0 aliphatic carbocycles. The largest absolute Gasteiger partial charge is 0.369 e. The second-order valence-electron chi connectivity index (χ2n) is 7.12. The number of anilines is 1. The minimum atomic E-state index is 0.899. The molecule has 128 valence electrons. The summed E-state index contributed by atoms with van der Waals surface area (Å²) in [5.74, 6) is 0.899. The Morgan fingerprint density at radius 3 is 2.43 bits per heavy atom. The van der Waals surface area contributed by atoms with E-state index in [9.17, 15) is 0 Å². The lowest BCUT2D eigenvalue weighted by Crippen LogP contribution is -2.48. The van der Waals surface area contributed by atoms with Gasteiger partial charge in [-0.3, -0.25) is 4.90 Å². The Balaban J connectivity index is 1.34. The van der Waals surface area contributed by atoms with Crippen molar-refractivity contribution in [2.75, 3.05) is 70.9 Å². The number of piperazine rings is 1. The maximum absolute atomic E-state index is 3.46. The third kappa shape index (κ3) is 5.20. The molecular weight excluding hydrogens is 284 g/mol. The zero-order valence-corrected chi connectivity index (χ0v) is 14.6. The maximum Gasteiger partial charge on any atom is 0.0367 e. The van der Waals surface area contributed by atoms with Crippen LogP contribution in [-0.4, -0.2) is 75.8 Å². The summed E-state index contributed by atoms with van der Waals surface area (Å²) in [6.45, 7) is 10.8. The summed E-state index contributed by atoms with van der Waals surface area (Å²) in [4.78, 5) is 7.67. The zero-order valence-electron chi connectivity index (χ0n) is 14.6. The summed E-state index contributed by atoms with van der Waals surface area (Å²) in [5, 5.41) is 3.46. The molecule has 0 unspecified atom stereocenters. The van der Waals surface area contributed by atoms with Gasteiger partial charge in [-0.15, -0.1) is 0 Å². The Bertz CT molecular complexity index is 436. The van der Waals surface area contributed by atoms with Crippen molar-refractivity contribution in [2.24, 2.45) is 5.92 Å². The number of nitrogens with zero attached hydrogens (tertiary/aromatic N) is 3. The molecule has 0 saturated carbocycles. The van der Waals surface area contributed by atoms with Gasteiger partial charge in [-0.05, 0) is 51.0 Å². The van der Waals surface area contributed by atoms with E-state index in [1.54, 1.807) is 0 Å². The van der Waals surface area contributed by atoms with E-state index in [4.69, 9.17) is 0 Å². The number of rotatable bonds is 6. The van der Waals surface area contributed by atoms with Gasteiger partial charge in [-0.2, -0.15) is 0 Å². The number of benzene rings is 1. The molecule has 1 aromatic carbocycles. The fourth-order valence-corrected chi connectivity index (χ4v) is 3.78. The van der Waals surface area contributed by atoms with Gasteiger partial charge < -0.3 is 15.1 Å². The molecule has 0 radical (unpaired) electrons. The van der Waals surface area contributed by atoms with E-state index in [-0.39, 0.29) is 0 Å². The molecule has 0 spiro atoms. The molecule has 2 aliphatic heterocycles. The average molecular weight is 316 g/mol. The van der Waals surface area contributed by atoms with E-state index in [0.29, 0.717) is 0 Å². The lowest BCUT2D eigenvalue weighted by Gasteiger charge is -2.37. The maximum atomic E-state index is 3.46. The van der Waals surface area contributed by atoms with Crippen LogP contribution in [0.4, 0.5) is 5.69 Å². The molecular formula is C19H32N4. The van der Waals surface area contributed by atoms with Crippen LogP contribution in [0.25, 0.3) is 0 Å². The Kier molecular flexibility index (Phi) is 6.31. The normalized spacial score (nSPS) is 21.0. The van der Waals surface area contributed by atoms with Crippen molar-refractivity contribution >= 4 is 5.69 Å². The van der Waals surface area contributed by atoms with E-state index >= 15 is 0 Å². The predicted octanol–water partition coefficient (Wildman–Crippen LogP) is 1.74. The number of likely N-dealkylation sites (N-methyl/N-ethyl adjacent to an activating group) is 1. The first-order chi connectivity index (χ1) is 11.3. The number of hydrogen-bond acceptors (Lipinski definition) is 4. The van der Waals surface area contributed by atoms with Crippen LogP contribution in [0.3, 0.4) is 0 Å². The third-order valence-corrected chi connectivity index (χ3v) is 5.32. The molecule has 2 saturated heterocycles. The Morgan fingerprint density at radius 2 is 1.74 bits per heavy atom. The molecule has 0 bridgehead atoms. The highest BCUT2D eigenvalue weighted by molar-refractivity contribution is 5.46. The van der Waals surface area contributed by atoms with Crippen LogP contribution < -0.4 is 10.2 Å². The second kappa shape index (κ2) is 8.67. The van der Waals surface area contributed by atoms with Crippen LogP contribution in [0.1, 0.15) is 12.8 Å². The third-order valence-electron chi connectivity index (χ3n) is 5.32. The van der Waals surface area contributed by atoms with Crippen molar-refractivity contribution in [3.05, 3.63) is 30.3 Å². The number of hydrogen-bond donors (Lipinski definition) is 1. The van der Waals surface area contributed by atoms with Gasteiger partial charge >= 0.3 is 0 Å². The molecule has 1 N–H and O–H groups in total. The second-order valence-corrected chi connectivity index (χ2v) is 7.12. The summed E-state index contributed by atoms with van der Waals surface area (Å²) in [6, 6.07) is 10.8. The Labute approximate surface area is 141 Å². The summed E-state index contributed by atoms with van der Waals surface area (Å²) in [5.41, 5.74) is 1.37. The number of para-hydroxylation sites is 1. The van der Waals surface area contributed by atoms with Crippen LogP contribution in [0.15, 0.2) is 30.3 Å². The van der Waals surface area contributed by atoms with Gasteiger partial charge in [0.1, 0.15) is 0 Å². The van der Waals surface area contributed by atoms with Gasteiger partial charge in [0.05, 0.1) is 0 Å². The molecule has 0 aromatic heterocycles. The quantitative estimate of drug-likeness (QED) is 0.863. The van der Waals surface area contributed by atoms with E-state index in [2.05, 4.69) is 57.4 Å². The van der Waals surface area contributed by atoms with E-state index in [1.165, 1.54) is 64.3 Å². The van der Waals surface area contributed by atoms with Crippen molar-refractivity contribution in [3.63, 3.8) is 0 Å². The molecule has 3 rings (SSSR count). The van der Waals surface area contributed by atoms with Gasteiger partial charge in [0, 0.05) is 51.5 Å². The van der Waals surface area contributed by atoms with Gasteiger partial charge in [0.25, 0.3) is 0 Å². The van der Waals surface area contributed by atoms with Crippen molar-refractivity contribution in [3.8, 4) is 0 Å². The summed E-state index contributed by atoms with van der Waals surface area (Å²) in [6.07, 6.45) is 2.69. The Hall–Kier alpha value is -1.10. The summed E-state index contributed by atoms with van der Waals surface area (Å²) >= 11 is 0. The number of piperidine rings is 1. The molecule has 4 heteroatoms. The minimum Gasteiger partial charge on any atom is -0.369 e.